The van der Waals surface area contributed by atoms with Crippen LogP contribution in [0.2, 0.25) is 0 Å². The van der Waals surface area contributed by atoms with Crippen LogP contribution in [-0.2, 0) is 25.6 Å². The zero-order valence-corrected chi connectivity index (χ0v) is 13.8. The van der Waals surface area contributed by atoms with Crippen molar-refractivity contribution < 1.29 is 23.5 Å². The number of furan rings is 1. The fourth-order valence-corrected chi connectivity index (χ4v) is 3.92. The number of rotatable bonds is 5. The zero-order chi connectivity index (χ0) is 16.9. The van der Waals surface area contributed by atoms with Gasteiger partial charge in [-0.25, -0.2) is 0 Å². The van der Waals surface area contributed by atoms with E-state index in [0.717, 1.165) is 5.76 Å². The number of esters is 1. The number of nitrogens with zero attached hydrogens (tertiary/aromatic N) is 1. The van der Waals surface area contributed by atoms with E-state index in [1.165, 1.54) is 0 Å². The van der Waals surface area contributed by atoms with Crippen molar-refractivity contribution in [1.29, 1.82) is 0 Å². The summed E-state index contributed by atoms with van der Waals surface area (Å²) in [6.45, 7) is 5.16. The first-order valence-electron chi connectivity index (χ1n) is 8.35. The maximum Gasteiger partial charge on any atom is 0.312 e. The van der Waals surface area contributed by atoms with Gasteiger partial charge in [0, 0.05) is 0 Å². The normalized spacial score (nSPS) is 33.5. The molecule has 1 aromatic heterocycles. The molecular formula is C18H21NO5. The van der Waals surface area contributed by atoms with E-state index in [9.17, 15) is 9.59 Å². The Morgan fingerprint density at radius 1 is 1.50 bits per heavy atom. The molecule has 128 valence electrons. The van der Waals surface area contributed by atoms with Gasteiger partial charge in [-0.2, -0.15) is 0 Å². The smallest absolute Gasteiger partial charge is 0.312 e. The summed E-state index contributed by atoms with van der Waals surface area (Å²) in [5, 5.41) is 0. The number of hydrogen-bond donors (Lipinski definition) is 0. The number of hydrogen-bond acceptors (Lipinski definition) is 5. The Kier molecular flexibility index (Phi) is 3.53. The van der Waals surface area contributed by atoms with Crippen molar-refractivity contribution in [3.05, 3.63) is 36.3 Å². The third-order valence-electron chi connectivity index (χ3n) is 4.94. The van der Waals surface area contributed by atoms with Gasteiger partial charge in [0.2, 0.25) is 5.91 Å². The largest absolute Gasteiger partial charge is 0.467 e. The molecule has 0 aliphatic carbocycles. The third kappa shape index (κ3) is 2.28. The van der Waals surface area contributed by atoms with Crippen molar-refractivity contribution in [2.75, 3.05) is 13.2 Å². The molecule has 4 atom stereocenters. The van der Waals surface area contributed by atoms with Crippen LogP contribution < -0.4 is 0 Å². The van der Waals surface area contributed by atoms with Crippen molar-refractivity contribution in [3.63, 3.8) is 0 Å². The minimum atomic E-state index is -0.699. The first kappa shape index (κ1) is 15.4. The van der Waals surface area contributed by atoms with Crippen LogP contribution in [0.4, 0.5) is 0 Å². The topological polar surface area (TPSA) is 69.0 Å². The Labute approximate surface area is 140 Å². The zero-order valence-electron chi connectivity index (χ0n) is 13.8. The fraction of sp³-hybridized carbons (Fsp3) is 0.556. The predicted molar refractivity (Wildman–Crippen MR) is 83.6 cm³/mol. The summed E-state index contributed by atoms with van der Waals surface area (Å²) >= 11 is 0. The Balaban J connectivity index is 1.54. The summed E-state index contributed by atoms with van der Waals surface area (Å²) < 4.78 is 16.8. The molecule has 1 amide bonds. The molecule has 1 spiro atoms. The SMILES string of the molecule is CC(C)COC(=O)[C@@H]1[C@@H]2C=C[C@@]3(CN(Cc4ccco4)C(=O)[C@H]13)O2. The van der Waals surface area contributed by atoms with Crippen LogP contribution in [0.15, 0.2) is 35.0 Å². The first-order valence-corrected chi connectivity index (χ1v) is 8.35. The lowest BCUT2D eigenvalue weighted by Gasteiger charge is -2.23. The van der Waals surface area contributed by atoms with Gasteiger partial charge in [-0.05, 0) is 18.1 Å². The summed E-state index contributed by atoms with van der Waals surface area (Å²) in [4.78, 5) is 27.1. The average Bonchev–Trinajstić information content (AvgIpc) is 3.28. The minimum absolute atomic E-state index is 0.0650. The van der Waals surface area contributed by atoms with E-state index in [-0.39, 0.29) is 23.9 Å². The van der Waals surface area contributed by atoms with Crippen molar-refractivity contribution in [2.45, 2.75) is 32.1 Å². The highest BCUT2D eigenvalue weighted by molar-refractivity contribution is 5.91. The molecule has 0 radical (unpaired) electrons. The number of fused-ring (bicyclic) bond motifs is 1. The van der Waals surface area contributed by atoms with Crippen LogP contribution in [0.5, 0.6) is 0 Å². The quantitative estimate of drug-likeness (QED) is 0.607. The van der Waals surface area contributed by atoms with E-state index in [4.69, 9.17) is 13.9 Å². The standard InChI is InChI=1S/C18H21NO5/c1-11(2)9-23-17(21)14-13-5-6-18(24-13)10-19(16(20)15(14)18)8-12-4-3-7-22-12/h3-7,11,13-15H,8-10H2,1-2H3/t13-,14+,15-,18-/m0/s1. The van der Waals surface area contributed by atoms with Crippen molar-refractivity contribution in [2.24, 2.45) is 17.8 Å². The molecule has 0 N–H and O–H groups in total. The van der Waals surface area contributed by atoms with E-state index in [1.54, 1.807) is 17.2 Å². The molecule has 4 rings (SSSR count). The Hall–Kier alpha value is -2.08. The van der Waals surface area contributed by atoms with E-state index in [0.29, 0.717) is 19.7 Å². The lowest BCUT2D eigenvalue weighted by molar-refractivity contribution is -0.154. The number of carbonyl (C=O) groups is 2. The Morgan fingerprint density at radius 2 is 2.33 bits per heavy atom. The second kappa shape index (κ2) is 5.48. The highest BCUT2D eigenvalue weighted by atomic mass is 16.6. The van der Waals surface area contributed by atoms with Gasteiger partial charge < -0.3 is 18.8 Å². The molecular weight excluding hydrogens is 310 g/mol. The average molecular weight is 331 g/mol. The maximum absolute atomic E-state index is 12.9. The molecule has 24 heavy (non-hydrogen) atoms. The van der Waals surface area contributed by atoms with Gasteiger partial charge in [-0.1, -0.05) is 26.0 Å². The Bertz CT molecular complexity index is 680. The highest BCUT2D eigenvalue weighted by Crippen LogP contribution is 2.52. The van der Waals surface area contributed by atoms with Crippen molar-refractivity contribution >= 4 is 11.9 Å². The van der Waals surface area contributed by atoms with Gasteiger partial charge >= 0.3 is 5.97 Å². The lowest BCUT2D eigenvalue weighted by Crippen LogP contribution is -2.40. The second-order valence-corrected chi connectivity index (χ2v) is 7.20. The molecule has 0 saturated carbocycles. The van der Waals surface area contributed by atoms with Crippen LogP contribution in [0.3, 0.4) is 0 Å². The highest BCUT2D eigenvalue weighted by Gasteiger charge is 2.67. The van der Waals surface area contributed by atoms with E-state index < -0.39 is 17.4 Å². The van der Waals surface area contributed by atoms with Gasteiger partial charge in [0.25, 0.3) is 0 Å². The lowest BCUT2D eigenvalue weighted by atomic mass is 9.77. The molecule has 6 nitrogen and oxygen atoms in total. The molecule has 2 fully saturated rings. The molecule has 6 heteroatoms. The molecule has 2 saturated heterocycles. The number of likely N-dealkylation sites (tertiary alicyclic amines) is 1. The summed E-state index contributed by atoms with van der Waals surface area (Å²) in [5.41, 5.74) is -0.699. The maximum atomic E-state index is 12.9. The fourth-order valence-electron chi connectivity index (χ4n) is 3.92. The summed E-state index contributed by atoms with van der Waals surface area (Å²) in [5.74, 6) is -0.474. The molecule has 2 bridgehead atoms. The second-order valence-electron chi connectivity index (χ2n) is 7.20. The molecule has 1 aromatic rings. The first-order chi connectivity index (χ1) is 11.5. The molecule has 0 aromatic carbocycles. The third-order valence-corrected chi connectivity index (χ3v) is 4.94. The van der Waals surface area contributed by atoms with Gasteiger partial charge in [0.15, 0.2) is 0 Å². The summed E-state index contributed by atoms with van der Waals surface area (Å²) in [7, 11) is 0. The molecule has 4 heterocycles. The number of amides is 1. The van der Waals surface area contributed by atoms with Crippen LogP contribution in [-0.4, -0.2) is 41.6 Å². The molecule has 0 unspecified atom stereocenters. The molecule has 3 aliphatic heterocycles. The van der Waals surface area contributed by atoms with E-state index in [2.05, 4.69) is 0 Å². The van der Waals surface area contributed by atoms with Gasteiger partial charge in [0.05, 0.1) is 38.0 Å². The predicted octanol–water partition coefficient (Wildman–Crippen LogP) is 1.76. The van der Waals surface area contributed by atoms with Crippen LogP contribution in [0, 0.1) is 17.8 Å². The van der Waals surface area contributed by atoms with Crippen molar-refractivity contribution in [3.8, 4) is 0 Å². The van der Waals surface area contributed by atoms with Gasteiger partial charge in [-0.15, -0.1) is 0 Å². The van der Waals surface area contributed by atoms with Gasteiger partial charge in [0.1, 0.15) is 17.3 Å². The minimum Gasteiger partial charge on any atom is -0.467 e. The van der Waals surface area contributed by atoms with Crippen molar-refractivity contribution in [1.82, 2.24) is 4.90 Å². The van der Waals surface area contributed by atoms with Crippen LogP contribution >= 0.6 is 0 Å². The summed E-state index contributed by atoms with van der Waals surface area (Å²) in [6.07, 6.45) is 5.06. The summed E-state index contributed by atoms with van der Waals surface area (Å²) in [6, 6.07) is 3.63. The molecule has 3 aliphatic rings. The van der Waals surface area contributed by atoms with E-state index >= 15 is 0 Å². The van der Waals surface area contributed by atoms with Crippen LogP contribution in [0.1, 0.15) is 19.6 Å². The van der Waals surface area contributed by atoms with E-state index in [1.807, 2.05) is 32.1 Å². The van der Waals surface area contributed by atoms with Crippen LogP contribution in [0.25, 0.3) is 0 Å². The number of ether oxygens (including phenoxy) is 2. The number of carbonyl (C=O) groups excluding carboxylic acids is 2. The Morgan fingerprint density at radius 3 is 3.04 bits per heavy atom. The monoisotopic (exact) mass is 331 g/mol. The van der Waals surface area contributed by atoms with Gasteiger partial charge in [-0.3, -0.25) is 9.59 Å².